The average molecular weight is 427 g/mol. The first-order valence-electron chi connectivity index (χ1n) is 11.0. The van der Waals surface area contributed by atoms with Crippen LogP contribution in [0.1, 0.15) is 5.56 Å². The summed E-state index contributed by atoms with van der Waals surface area (Å²) >= 11 is 0. The van der Waals surface area contributed by atoms with Gasteiger partial charge in [0.15, 0.2) is 0 Å². The molecule has 32 heavy (non-hydrogen) atoms. The van der Waals surface area contributed by atoms with Crippen molar-refractivity contribution in [2.75, 3.05) is 44.2 Å². The molecule has 5 rings (SSSR count). The van der Waals surface area contributed by atoms with Crippen molar-refractivity contribution in [3.8, 4) is 11.8 Å². The summed E-state index contributed by atoms with van der Waals surface area (Å²) in [6, 6.07) is 24.2. The van der Waals surface area contributed by atoms with Crippen LogP contribution in [0.25, 0.3) is 21.8 Å². The monoisotopic (exact) mass is 426 g/mol. The number of nitrogens with one attached hydrogen (secondary N) is 1. The van der Waals surface area contributed by atoms with E-state index in [4.69, 9.17) is 4.74 Å². The largest absolute Gasteiger partial charge is 0.490 e. The molecule has 1 saturated heterocycles. The SMILES string of the molecule is N#Cc1ccccc1N1CCN(CC(O)COc2cccc3[nH]c4ccccc4c23)CC1. The Morgan fingerprint density at radius 2 is 1.69 bits per heavy atom. The van der Waals surface area contributed by atoms with Gasteiger partial charge in [0.1, 0.15) is 24.5 Å². The van der Waals surface area contributed by atoms with Crippen LogP contribution in [-0.2, 0) is 0 Å². The van der Waals surface area contributed by atoms with E-state index in [2.05, 4.69) is 33.0 Å². The van der Waals surface area contributed by atoms with Crippen molar-refractivity contribution in [3.05, 3.63) is 72.3 Å². The van der Waals surface area contributed by atoms with Crippen molar-refractivity contribution in [1.82, 2.24) is 9.88 Å². The van der Waals surface area contributed by atoms with Crippen LogP contribution in [0.5, 0.6) is 5.75 Å². The second kappa shape index (κ2) is 8.91. The van der Waals surface area contributed by atoms with E-state index in [9.17, 15) is 10.4 Å². The molecule has 2 N–H and O–H groups in total. The number of para-hydroxylation sites is 2. The van der Waals surface area contributed by atoms with Crippen LogP contribution < -0.4 is 9.64 Å². The molecular weight excluding hydrogens is 400 g/mol. The van der Waals surface area contributed by atoms with Crippen molar-refractivity contribution in [2.45, 2.75) is 6.10 Å². The molecule has 0 saturated carbocycles. The summed E-state index contributed by atoms with van der Waals surface area (Å²) in [7, 11) is 0. The molecule has 1 fully saturated rings. The Morgan fingerprint density at radius 1 is 0.938 bits per heavy atom. The van der Waals surface area contributed by atoms with Crippen LogP contribution >= 0.6 is 0 Å². The van der Waals surface area contributed by atoms with Crippen LogP contribution in [0, 0.1) is 11.3 Å². The van der Waals surface area contributed by atoms with E-state index in [-0.39, 0.29) is 6.61 Å². The van der Waals surface area contributed by atoms with Gasteiger partial charge in [0.05, 0.1) is 16.8 Å². The minimum Gasteiger partial charge on any atom is -0.490 e. The van der Waals surface area contributed by atoms with Gasteiger partial charge in [0.25, 0.3) is 0 Å². The molecule has 1 aromatic heterocycles. The first kappa shape index (κ1) is 20.4. The maximum atomic E-state index is 10.6. The number of ether oxygens (including phenoxy) is 1. The van der Waals surface area contributed by atoms with Gasteiger partial charge in [0.2, 0.25) is 0 Å². The van der Waals surface area contributed by atoms with E-state index < -0.39 is 6.10 Å². The summed E-state index contributed by atoms with van der Waals surface area (Å²) in [5.41, 5.74) is 3.81. The number of benzene rings is 3. The topological polar surface area (TPSA) is 75.5 Å². The smallest absolute Gasteiger partial charge is 0.129 e. The Kier molecular flexibility index (Phi) is 5.68. The Morgan fingerprint density at radius 3 is 2.53 bits per heavy atom. The number of anilines is 1. The number of hydrogen-bond donors (Lipinski definition) is 2. The lowest BCUT2D eigenvalue weighted by molar-refractivity contribution is 0.0668. The van der Waals surface area contributed by atoms with Crippen molar-refractivity contribution < 1.29 is 9.84 Å². The molecule has 6 nitrogen and oxygen atoms in total. The summed E-state index contributed by atoms with van der Waals surface area (Å²) in [6.07, 6.45) is -0.576. The number of aliphatic hydroxyl groups is 1. The van der Waals surface area contributed by atoms with Crippen LogP contribution in [0.4, 0.5) is 5.69 Å². The van der Waals surface area contributed by atoms with E-state index >= 15 is 0 Å². The van der Waals surface area contributed by atoms with Gasteiger partial charge >= 0.3 is 0 Å². The van der Waals surface area contributed by atoms with Gasteiger partial charge in [0, 0.05) is 49.0 Å². The van der Waals surface area contributed by atoms with Gasteiger partial charge in [-0.15, -0.1) is 0 Å². The molecule has 2 heterocycles. The number of nitrogens with zero attached hydrogens (tertiary/aromatic N) is 3. The molecule has 1 aliphatic rings. The number of hydrogen-bond acceptors (Lipinski definition) is 5. The molecule has 1 unspecified atom stereocenters. The molecule has 0 radical (unpaired) electrons. The Balaban J connectivity index is 1.19. The normalized spacial score (nSPS) is 15.7. The van der Waals surface area contributed by atoms with Gasteiger partial charge in [-0.2, -0.15) is 5.26 Å². The molecule has 162 valence electrons. The van der Waals surface area contributed by atoms with Crippen LogP contribution in [0.2, 0.25) is 0 Å². The van der Waals surface area contributed by atoms with Crippen molar-refractivity contribution in [3.63, 3.8) is 0 Å². The fourth-order valence-electron chi connectivity index (χ4n) is 4.54. The molecular formula is C26H26N4O2. The van der Waals surface area contributed by atoms with Gasteiger partial charge in [-0.25, -0.2) is 0 Å². The van der Waals surface area contributed by atoms with Crippen molar-refractivity contribution in [2.24, 2.45) is 0 Å². The number of fused-ring (bicyclic) bond motifs is 3. The van der Waals surface area contributed by atoms with Crippen LogP contribution in [0.3, 0.4) is 0 Å². The van der Waals surface area contributed by atoms with Gasteiger partial charge in [-0.1, -0.05) is 36.4 Å². The van der Waals surface area contributed by atoms with Crippen LogP contribution in [0.15, 0.2) is 66.7 Å². The minimum atomic E-state index is -0.576. The highest BCUT2D eigenvalue weighted by atomic mass is 16.5. The molecule has 4 aromatic rings. The fourth-order valence-corrected chi connectivity index (χ4v) is 4.54. The summed E-state index contributed by atoms with van der Waals surface area (Å²) in [5.74, 6) is 0.789. The number of piperazine rings is 1. The maximum absolute atomic E-state index is 10.6. The first-order valence-corrected chi connectivity index (χ1v) is 11.0. The first-order chi connectivity index (χ1) is 15.7. The maximum Gasteiger partial charge on any atom is 0.129 e. The number of nitriles is 1. The quantitative estimate of drug-likeness (QED) is 0.491. The van der Waals surface area contributed by atoms with E-state index in [0.717, 1.165) is 59.4 Å². The Bertz CT molecular complexity index is 1270. The lowest BCUT2D eigenvalue weighted by Crippen LogP contribution is -2.49. The van der Waals surface area contributed by atoms with E-state index in [1.807, 2.05) is 54.6 Å². The van der Waals surface area contributed by atoms with Gasteiger partial charge < -0.3 is 19.7 Å². The predicted octanol–water partition coefficient (Wildman–Crippen LogP) is 3.75. The summed E-state index contributed by atoms with van der Waals surface area (Å²) < 4.78 is 6.07. The standard InChI is InChI=1S/C26H26N4O2/c27-16-19-6-1-4-10-24(19)30-14-12-29(13-15-30)17-20(31)18-32-25-11-5-9-23-26(25)21-7-2-3-8-22(21)28-23/h1-11,20,28,31H,12-15,17-18H2. The molecule has 0 aliphatic carbocycles. The van der Waals surface area contributed by atoms with Gasteiger partial charge in [-0.3, -0.25) is 4.90 Å². The van der Waals surface area contributed by atoms with E-state index in [0.29, 0.717) is 12.1 Å². The number of H-pyrrole nitrogens is 1. The number of aliphatic hydroxyl groups excluding tert-OH is 1. The second-order valence-electron chi connectivity index (χ2n) is 8.23. The Labute approximate surface area is 187 Å². The summed E-state index contributed by atoms with van der Waals surface area (Å²) in [5, 5.41) is 22.2. The second-order valence-corrected chi connectivity index (χ2v) is 8.23. The fraction of sp³-hybridized carbons (Fsp3) is 0.269. The zero-order chi connectivity index (χ0) is 21.9. The highest BCUT2D eigenvalue weighted by molar-refractivity contribution is 6.10. The highest BCUT2D eigenvalue weighted by Crippen LogP contribution is 2.33. The zero-order valence-corrected chi connectivity index (χ0v) is 17.9. The van der Waals surface area contributed by atoms with Crippen molar-refractivity contribution in [1.29, 1.82) is 5.26 Å². The van der Waals surface area contributed by atoms with E-state index in [1.54, 1.807) is 0 Å². The minimum absolute atomic E-state index is 0.246. The van der Waals surface area contributed by atoms with Crippen LogP contribution in [-0.4, -0.2) is 60.4 Å². The number of aromatic nitrogens is 1. The Hall–Kier alpha value is -3.53. The molecule has 6 heteroatoms. The number of β-amino-alcohol motifs (C(OH)–C–C–N with tert-alkyl or cyclic N) is 1. The highest BCUT2D eigenvalue weighted by Gasteiger charge is 2.21. The molecule has 3 aromatic carbocycles. The summed E-state index contributed by atoms with van der Waals surface area (Å²) in [4.78, 5) is 7.92. The number of aromatic amines is 1. The molecule has 0 spiro atoms. The van der Waals surface area contributed by atoms with Crippen molar-refractivity contribution >= 4 is 27.5 Å². The third-order valence-electron chi connectivity index (χ3n) is 6.13. The lowest BCUT2D eigenvalue weighted by atomic mass is 10.1. The lowest BCUT2D eigenvalue weighted by Gasteiger charge is -2.37. The number of rotatable bonds is 6. The summed E-state index contributed by atoms with van der Waals surface area (Å²) in [6.45, 7) is 4.17. The zero-order valence-electron chi connectivity index (χ0n) is 17.9. The van der Waals surface area contributed by atoms with E-state index in [1.165, 1.54) is 0 Å². The average Bonchev–Trinajstić information content (AvgIpc) is 3.22. The van der Waals surface area contributed by atoms with Gasteiger partial charge in [-0.05, 0) is 30.3 Å². The molecule has 1 aliphatic heterocycles. The third-order valence-corrected chi connectivity index (χ3v) is 6.13. The third kappa shape index (κ3) is 4.01. The molecule has 1 atom stereocenters. The molecule has 0 amide bonds. The predicted molar refractivity (Wildman–Crippen MR) is 127 cm³/mol. The molecule has 0 bridgehead atoms.